The number of aromatic nitrogens is 2. The van der Waals surface area contributed by atoms with Crippen molar-refractivity contribution < 1.29 is 4.79 Å². The van der Waals surface area contributed by atoms with E-state index < -0.39 is 0 Å². The first-order chi connectivity index (χ1) is 9.33. The van der Waals surface area contributed by atoms with Crippen LogP contribution < -0.4 is 0 Å². The van der Waals surface area contributed by atoms with Crippen LogP contribution in [0.5, 0.6) is 0 Å². The number of amides is 1. The summed E-state index contributed by atoms with van der Waals surface area (Å²) in [5.74, 6) is 0.215. The van der Waals surface area contributed by atoms with Crippen LogP contribution in [0.25, 0.3) is 10.4 Å². The summed E-state index contributed by atoms with van der Waals surface area (Å²) in [6.45, 7) is 0. The second-order valence-corrected chi connectivity index (χ2v) is 6.28. The third-order valence-corrected chi connectivity index (χ3v) is 5.25. The standard InChI is InChI=1S/C14H15N3OS/c18-14(17-11-2-1-3-12(17)5-11)9-4-13(19-8-9)10-6-15-16-7-10/h4,6-8,11-12H,1-3,5H2,(H,15,16). The van der Waals surface area contributed by atoms with Gasteiger partial charge in [0.25, 0.3) is 5.91 Å². The largest absolute Gasteiger partial charge is 0.332 e. The molecule has 1 N–H and O–H groups in total. The van der Waals surface area contributed by atoms with Crippen LogP contribution in [-0.4, -0.2) is 33.1 Å². The molecule has 2 fully saturated rings. The molecule has 0 radical (unpaired) electrons. The second kappa shape index (κ2) is 4.20. The van der Waals surface area contributed by atoms with E-state index in [0.717, 1.165) is 16.0 Å². The number of hydrogen-bond acceptors (Lipinski definition) is 3. The number of rotatable bonds is 2. The number of fused-ring (bicyclic) bond motifs is 2. The number of nitrogens with one attached hydrogen (secondary N) is 1. The van der Waals surface area contributed by atoms with Gasteiger partial charge >= 0.3 is 0 Å². The van der Waals surface area contributed by atoms with E-state index in [0.29, 0.717) is 12.1 Å². The molecule has 98 valence electrons. The van der Waals surface area contributed by atoms with Crippen LogP contribution in [0, 0.1) is 0 Å². The van der Waals surface area contributed by atoms with Gasteiger partial charge < -0.3 is 4.90 Å². The lowest BCUT2D eigenvalue weighted by Crippen LogP contribution is -2.60. The van der Waals surface area contributed by atoms with Gasteiger partial charge in [-0.1, -0.05) is 0 Å². The number of aromatic amines is 1. The maximum atomic E-state index is 12.5. The highest BCUT2D eigenvalue weighted by molar-refractivity contribution is 7.13. The Kier molecular flexibility index (Phi) is 2.48. The van der Waals surface area contributed by atoms with Gasteiger partial charge in [0.15, 0.2) is 0 Å². The van der Waals surface area contributed by atoms with Gasteiger partial charge in [-0.25, -0.2) is 0 Å². The van der Waals surface area contributed by atoms with Crippen molar-refractivity contribution in [2.45, 2.75) is 37.8 Å². The molecule has 2 aliphatic heterocycles. The van der Waals surface area contributed by atoms with E-state index in [9.17, 15) is 4.79 Å². The van der Waals surface area contributed by atoms with Gasteiger partial charge in [0, 0.05) is 34.1 Å². The Balaban J connectivity index is 1.58. The molecule has 0 aromatic carbocycles. The van der Waals surface area contributed by atoms with Gasteiger partial charge in [-0.2, -0.15) is 5.10 Å². The summed E-state index contributed by atoms with van der Waals surface area (Å²) in [6, 6.07) is 3.00. The fourth-order valence-corrected chi connectivity index (χ4v) is 4.14. The summed E-state index contributed by atoms with van der Waals surface area (Å²) in [4.78, 5) is 15.7. The van der Waals surface area contributed by atoms with Gasteiger partial charge in [0.1, 0.15) is 0 Å². The summed E-state index contributed by atoms with van der Waals surface area (Å²) >= 11 is 1.61. The summed E-state index contributed by atoms with van der Waals surface area (Å²) < 4.78 is 0. The highest BCUT2D eigenvalue weighted by atomic mass is 32.1. The number of H-pyrrole nitrogens is 1. The van der Waals surface area contributed by atoms with Crippen LogP contribution in [0.4, 0.5) is 0 Å². The maximum absolute atomic E-state index is 12.5. The number of carbonyl (C=O) groups is 1. The lowest BCUT2D eigenvalue weighted by atomic mass is 9.79. The van der Waals surface area contributed by atoms with E-state index in [4.69, 9.17) is 0 Å². The first kappa shape index (κ1) is 11.2. The number of hydrogen-bond donors (Lipinski definition) is 1. The molecule has 2 unspecified atom stereocenters. The van der Waals surface area contributed by atoms with E-state index in [1.165, 1.54) is 25.7 Å². The van der Waals surface area contributed by atoms with Crippen molar-refractivity contribution in [3.63, 3.8) is 0 Å². The van der Waals surface area contributed by atoms with Crippen LogP contribution in [0.1, 0.15) is 36.0 Å². The highest BCUT2D eigenvalue weighted by Crippen LogP contribution is 2.39. The van der Waals surface area contributed by atoms with Gasteiger partial charge in [-0.05, 0) is 31.7 Å². The fraction of sp³-hybridized carbons (Fsp3) is 0.429. The third-order valence-electron chi connectivity index (χ3n) is 4.27. The topological polar surface area (TPSA) is 49.0 Å². The van der Waals surface area contributed by atoms with Crippen LogP contribution in [0.2, 0.25) is 0 Å². The lowest BCUT2D eigenvalue weighted by molar-refractivity contribution is -0.0116. The molecule has 2 bridgehead atoms. The number of nitrogens with zero attached hydrogens (tertiary/aromatic N) is 2. The molecule has 2 saturated heterocycles. The van der Waals surface area contributed by atoms with Gasteiger partial charge in [0.2, 0.25) is 0 Å². The SMILES string of the molecule is O=C(c1csc(-c2cn[nH]c2)c1)N1C2CCCC1C2. The first-order valence-electron chi connectivity index (χ1n) is 6.73. The number of piperidine rings is 1. The Morgan fingerprint density at radius 3 is 2.95 bits per heavy atom. The molecule has 2 atom stereocenters. The minimum atomic E-state index is 0.215. The first-order valence-corrected chi connectivity index (χ1v) is 7.61. The third kappa shape index (κ3) is 1.72. The summed E-state index contributed by atoms with van der Waals surface area (Å²) in [6.07, 6.45) is 8.51. The van der Waals surface area contributed by atoms with E-state index >= 15 is 0 Å². The van der Waals surface area contributed by atoms with Crippen molar-refractivity contribution in [2.24, 2.45) is 0 Å². The van der Waals surface area contributed by atoms with E-state index in [-0.39, 0.29) is 5.91 Å². The van der Waals surface area contributed by atoms with Gasteiger partial charge in [-0.3, -0.25) is 9.89 Å². The maximum Gasteiger partial charge on any atom is 0.255 e. The molecule has 2 aromatic heterocycles. The molecule has 5 heteroatoms. The van der Waals surface area contributed by atoms with Crippen LogP contribution in [0.3, 0.4) is 0 Å². The summed E-state index contributed by atoms with van der Waals surface area (Å²) in [5.41, 5.74) is 1.88. The molecule has 0 saturated carbocycles. The van der Waals surface area contributed by atoms with Crippen molar-refractivity contribution in [1.29, 1.82) is 0 Å². The van der Waals surface area contributed by atoms with Gasteiger partial charge in [0.05, 0.1) is 11.8 Å². The number of thiophene rings is 1. The molecule has 19 heavy (non-hydrogen) atoms. The van der Waals surface area contributed by atoms with E-state index in [2.05, 4.69) is 15.1 Å². The Labute approximate surface area is 115 Å². The van der Waals surface area contributed by atoms with Gasteiger partial charge in [-0.15, -0.1) is 11.3 Å². The van der Waals surface area contributed by atoms with Crippen molar-refractivity contribution in [2.75, 3.05) is 0 Å². The lowest BCUT2D eigenvalue weighted by Gasteiger charge is -2.52. The average Bonchev–Trinajstić information content (AvgIpc) is 3.10. The predicted molar refractivity (Wildman–Crippen MR) is 74.1 cm³/mol. The molecule has 4 nitrogen and oxygen atoms in total. The zero-order valence-corrected chi connectivity index (χ0v) is 11.3. The molecule has 4 heterocycles. The van der Waals surface area contributed by atoms with E-state index in [1.807, 2.05) is 17.6 Å². The summed E-state index contributed by atoms with van der Waals surface area (Å²) in [5, 5.41) is 8.72. The molecule has 2 aliphatic rings. The average molecular weight is 273 g/mol. The van der Waals surface area contributed by atoms with Crippen LogP contribution >= 0.6 is 11.3 Å². The van der Waals surface area contributed by atoms with Crippen molar-refractivity contribution in [1.82, 2.24) is 15.1 Å². The Morgan fingerprint density at radius 2 is 2.26 bits per heavy atom. The minimum Gasteiger partial charge on any atom is -0.332 e. The second-order valence-electron chi connectivity index (χ2n) is 5.37. The zero-order valence-electron chi connectivity index (χ0n) is 10.5. The fourth-order valence-electron chi connectivity index (χ4n) is 3.27. The zero-order chi connectivity index (χ0) is 12.8. The molecular formula is C14H15N3OS. The smallest absolute Gasteiger partial charge is 0.255 e. The van der Waals surface area contributed by atoms with Crippen molar-refractivity contribution >= 4 is 17.2 Å². The molecule has 4 rings (SSSR count). The Morgan fingerprint density at radius 1 is 1.42 bits per heavy atom. The monoisotopic (exact) mass is 273 g/mol. The Hall–Kier alpha value is -1.62. The molecular weight excluding hydrogens is 258 g/mol. The van der Waals surface area contributed by atoms with Crippen LogP contribution in [-0.2, 0) is 0 Å². The molecule has 1 amide bonds. The molecule has 0 aliphatic carbocycles. The Bertz CT molecular complexity index is 590. The van der Waals surface area contributed by atoms with Crippen LogP contribution in [0.15, 0.2) is 23.8 Å². The minimum absolute atomic E-state index is 0.215. The van der Waals surface area contributed by atoms with E-state index in [1.54, 1.807) is 17.5 Å². The highest BCUT2D eigenvalue weighted by Gasteiger charge is 2.44. The normalized spacial score (nSPS) is 25.2. The molecule has 0 spiro atoms. The predicted octanol–water partition coefficient (Wildman–Crippen LogP) is 2.91. The molecule has 2 aromatic rings. The number of carbonyl (C=O) groups excluding carboxylic acids is 1. The quantitative estimate of drug-likeness (QED) is 0.914. The van der Waals surface area contributed by atoms with Crippen molar-refractivity contribution in [3.05, 3.63) is 29.4 Å². The van der Waals surface area contributed by atoms with Crippen molar-refractivity contribution in [3.8, 4) is 10.4 Å². The summed E-state index contributed by atoms with van der Waals surface area (Å²) in [7, 11) is 0.